The summed E-state index contributed by atoms with van der Waals surface area (Å²) in [7, 11) is 0. The molecular weight excluding hydrogens is 240 g/mol. The predicted molar refractivity (Wildman–Crippen MR) is 76.7 cm³/mol. The van der Waals surface area contributed by atoms with Crippen molar-refractivity contribution in [2.45, 2.75) is 33.2 Å². The maximum atomic E-state index is 5.46. The Hall–Kier alpha value is -1.36. The SMILES string of the molecule is CCOc1cc(N2CCCN(CC)CC2C)ncn1. The van der Waals surface area contributed by atoms with Crippen molar-refractivity contribution in [3.63, 3.8) is 0 Å². The standard InChI is InChI=1S/C14H24N4O/c1-4-17-7-6-8-18(12(3)10-17)13-9-14(19-5-2)16-11-15-13/h9,11-12H,4-8,10H2,1-3H3. The zero-order valence-electron chi connectivity index (χ0n) is 12.2. The highest BCUT2D eigenvalue weighted by molar-refractivity contribution is 5.42. The Labute approximate surface area is 115 Å². The molecule has 1 fully saturated rings. The summed E-state index contributed by atoms with van der Waals surface area (Å²) >= 11 is 0. The molecule has 106 valence electrons. The molecule has 2 heterocycles. The van der Waals surface area contributed by atoms with Crippen LogP contribution < -0.4 is 9.64 Å². The van der Waals surface area contributed by atoms with Crippen LogP contribution in [0.5, 0.6) is 5.88 Å². The molecule has 1 saturated heterocycles. The van der Waals surface area contributed by atoms with Crippen molar-refractivity contribution < 1.29 is 4.74 Å². The lowest BCUT2D eigenvalue weighted by atomic mass is 10.2. The Kier molecular flexibility index (Phi) is 4.96. The molecule has 1 aromatic rings. The van der Waals surface area contributed by atoms with Gasteiger partial charge >= 0.3 is 0 Å². The zero-order chi connectivity index (χ0) is 13.7. The third kappa shape index (κ3) is 3.56. The lowest BCUT2D eigenvalue weighted by molar-refractivity contribution is 0.291. The van der Waals surface area contributed by atoms with Gasteiger partial charge < -0.3 is 14.5 Å². The van der Waals surface area contributed by atoms with Gasteiger partial charge in [-0.2, -0.15) is 0 Å². The molecule has 0 aromatic carbocycles. The first kappa shape index (κ1) is 14.1. The van der Waals surface area contributed by atoms with Gasteiger partial charge in [-0.1, -0.05) is 6.92 Å². The number of anilines is 1. The van der Waals surface area contributed by atoms with Gasteiger partial charge in [-0.3, -0.25) is 0 Å². The first-order valence-electron chi connectivity index (χ1n) is 7.18. The molecule has 1 aliphatic rings. The van der Waals surface area contributed by atoms with E-state index in [1.807, 2.05) is 13.0 Å². The summed E-state index contributed by atoms with van der Waals surface area (Å²) in [5.74, 6) is 1.64. The van der Waals surface area contributed by atoms with Crippen molar-refractivity contribution in [2.24, 2.45) is 0 Å². The topological polar surface area (TPSA) is 41.5 Å². The Morgan fingerprint density at radius 3 is 2.89 bits per heavy atom. The summed E-state index contributed by atoms with van der Waals surface area (Å²) in [4.78, 5) is 13.4. The second-order valence-electron chi connectivity index (χ2n) is 4.94. The van der Waals surface area contributed by atoms with Crippen LogP contribution in [-0.4, -0.2) is 53.7 Å². The fraction of sp³-hybridized carbons (Fsp3) is 0.714. The van der Waals surface area contributed by atoms with Crippen LogP contribution in [0.25, 0.3) is 0 Å². The molecule has 5 nitrogen and oxygen atoms in total. The van der Waals surface area contributed by atoms with Gasteiger partial charge in [0.05, 0.1) is 6.61 Å². The summed E-state index contributed by atoms with van der Waals surface area (Å²) in [6, 6.07) is 2.41. The van der Waals surface area contributed by atoms with Crippen molar-refractivity contribution in [1.82, 2.24) is 14.9 Å². The molecule has 5 heteroatoms. The number of ether oxygens (including phenoxy) is 1. The van der Waals surface area contributed by atoms with E-state index in [9.17, 15) is 0 Å². The molecule has 0 N–H and O–H groups in total. The number of likely N-dealkylation sites (N-methyl/N-ethyl adjacent to an activating group) is 1. The largest absolute Gasteiger partial charge is 0.478 e. The van der Waals surface area contributed by atoms with Crippen molar-refractivity contribution in [1.29, 1.82) is 0 Å². The summed E-state index contributed by atoms with van der Waals surface area (Å²) in [6.07, 6.45) is 2.77. The molecular formula is C14H24N4O. The maximum Gasteiger partial charge on any atom is 0.218 e. The lowest BCUT2D eigenvalue weighted by Gasteiger charge is -2.29. The van der Waals surface area contributed by atoms with Crippen molar-refractivity contribution in [2.75, 3.05) is 37.7 Å². The molecule has 0 spiro atoms. The van der Waals surface area contributed by atoms with E-state index < -0.39 is 0 Å². The van der Waals surface area contributed by atoms with Crippen LogP contribution in [-0.2, 0) is 0 Å². The smallest absolute Gasteiger partial charge is 0.218 e. The predicted octanol–water partition coefficient (Wildman–Crippen LogP) is 1.80. The van der Waals surface area contributed by atoms with Crippen molar-refractivity contribution in [3.8, 4) is 5.88 Å². The number of hydrogen-bond donors (Lipinski definition) is 0. The van der Waals surface area contributed by atoms with E-state index in [0.29, 0.717) is 18.5 Å². The molecule has 0 aliphatic carbocycles. The van der Waals surface area contributed by atoms with Crippen LogP contribution in [0.3, 0.4) is 0 Å². The molecule has 0 saturated carbocycles. The summed E-state index contributed by atoms with van der Waals surface area (Å²) in [6.45, 7) is 11.5. The van der Waals surface area contributed by atoms with E-state index in [1.165, 1.54) is 13.0 Å². The van der Waals surface area contributed by atoms with Gasteiger partial charge in [0.1, 0.15) is 12.1 Å². The Morgan fingerprint density at radius 1 is 1.32 bits per heavy atom. The monoisotopic (exact) mass is 264 g/mol. The second-order valence-corrected chi connectivity index (χ2v) is 4.94. The second kappa shape index (κ2) is 6.70. The summed E-state index contributed by atoms with van der Waals surface area (Å²) in [5, 5.41) is 0. The van der Waals surface area contributed by atoms with Gasteiger partial charge in [0.25, 0.3) is 0 Å². The number of rotatable bonds is 4. The molecule has 1 aliphatic heterocycles. The Morgan fingerprint density at radius 2 is 2.16 bits per heavy atom. The Balaban J connectivity index is 2.13. The van der Waals surface area contributed by atoms with E-state index in [0.717, 1.165) is 25.5 Å². The van der Waals surface area contributed by atoms with E-state index in [-0.39, 0.29) is 0 Å². The van der Waals surface area contributed by atoms with Crippen LogP contribution in [0.2, 0.25) is 0 Å². The van der Waals surface area contributed by atoms with Crippen molar-refractivity contribution >= 4 is 5.82 Å². The Bertz CT molecular complexity index is 399. The minimum absolute atomic E-state index is 0.465. The average Bonchev–Trinajstić information content (AvgIpc) is 2.61. The van der Waals surface area contributed by atoms with E-state index in [4.69, 9.17) is 4.74 Å². The molecule has 0 amide bonds. The minimum Gasteiger partial charge on any atom is -0.478 e. The number of aromatic nitrogens is 2. The minimum atomic E-state index is 0.465. The molecule has 0 radical (unpaired) electrons. The molecule has 2 rings (SSSR count). The quantitative estimate of drug-likeness (QED) is 0.829. The van der Waals surface area contributed by atoms with E-state index in [2.05, 4.69) is 33.6 Å². The third-order valence-electron chi connectivity index (χ3n) is 3.59. The highest BCUT2D eigenvalue weighted by atomic mass is 16.5. The molecule has 1 aromatic heterocycles. The molecule has 1 unspecified atom stereocenters. The van der Waals surface area contributed by atoms with Gasteiger partial charge in [0.15, 0.2) is 0 Å². The van der Waals surface area contributed by atoms with Gasteiger partial charge in [0.2, 0.25) is 5.88 Å². The zero-order valence-corrected chi connectivity index (χ0v) is 12.2. The van der Waals surface area contributed by atoms with E-state index >= 15 is 0 Å². The van der Waals surface area contributed by atoms with Crippen LogP contribution in [0.1, 0.15) is 27.2 Å². The third-order valence-corrected chi connectivity index (χ3v) is 3.59. The first-order chi connectivity index (χ1) is 9.24. The molecule has 0 bridgehead atoms. The maximum absolute atomic E-state index is 5.46. The highest BCUT2D eigenvalue weighted by Gasteiger charge is 2.22. The molecule has 1 atom stereocenters. The normalized spacial score (nSPS) is 21.2. The summed E-state index contributed by atoms with van der Waals surface area (Å²) in [5.41, 5.74) is 0. The fourth-order valence-electron chi connectivity index (χ4n) is 2.59. The fourth-order valence-corrected chi connectivity index (χ4v) is 2.59. The van der Waals surface area contributed by atoms with Gasteiger partial charge in [-0.25, -0.2) is 9.97 Å². The molecule has 19 heavy (non-hydrogen) atoms. The summed E-state index contributed by atoms with van der Waals surface area (Å²) < 4.78 is 5.46. The number of hydrogen-bond acceptors (Lipinski definition) is 5. The average molecular weight is 264 g/mol. The highest BCUT2D eigenvalue weighted by Crippen LogP contribution is 2.20. The van der Waals surface area contributed by atoms with Crippen molar-refractivity contribution in [3.05, 3.63) is 12.4 Å². The van der Waals surface area contributed by atoms with Crippen LogP contribution in [0.15, 0.2) is 12.4 Å². The van der Waals surface area contributed by atoms with Crippen LogP contribution in [0, 0.1) is 0 Å². The van der Waals surface area contributed by atoms with Gasteiger partial charge in [0, 0.05) is 25.2 Å². The number of nitrogens with zero attached hydrogens (tertiary/aromatic N) is 4. The van der Waals surface area contributed by atoms with Gasteiger partial charge in [-0.05, 0) is 33.4 Å². The first-order valence-corrected chi connectivity index (χ1v) is 7.18. The van der Waals surface area contributed by atoms with E-state index in [1.54, 1.807) is 6.33 Å². The van der Waals surface area contributed by atoms with Crippen LogP contribution >= 0.6 is 0 Å². The lowest BCUT2D eigenvalue weighted by Crippen LogP contribution is -2.39. The van der Waals surface area contributed by atoms with Crippen LogP contribution in [0.4, 0.5) is 5.82 Å². The van der Waals surface area contributed by atoms with Gasteiger partial charge in [-0.15, -0.1) is 0 Å².